The molecule has 27 heavy (non-hydrogen) atoms. The topological polar surface area (TPSA) is 82.3 Å². The van der Waals surface area contributed by atoms with Crippen LogP contribution in [0.5, 0.6) is 11.5 Å². The number of carbonyl (C=O) groups is 1. The second-order valence-corrected chi connectivity index (χ2v) is 5.86. The quantitative estimate of drug-likeness (QED) is 0.250. The third-order valence-electron chi connectivity index (χ3n) is 3.61. The van der Waals surface area contributed by atoms with E-state index in [1.807, 2.05) is 0 Å². The van der Waals surface area contributed by atoms with Gasteiger partial charge >= 0.3 is 5.69 Å². The lowest BCUT2D eigenvalue weighted by Crippen LogP contribution is -1.96. The van der Waals surface area contributed by atoms with Crippen LogP contribution in [0.2, 0.25) is 5.02 Å². The highest BCUT2D eigenvalue weighted by atomic mass is 35.5. The molecule has 2 aromatic carbocycles. The number of nitro groups is 1. The molecule has 0 saturated heterocycles. The number of aromatic nitrogens is 1. The zero-order chi connectivity index (χ0) is 19.2. The molecular formula is C20H13ClN2O4. The average Bonchev–Trinajstić information content (AvgIpc) is 2.69. The van der Waals surface area contributed by atoms with Gasteiger partial charge in [0.2, 0.25) is 5.75 Å². The van der Waals surface area contributed by atoms with Crippen molar-refractivity contribution in [2.45, 2.75) is 0 Å². The molecule has 0 saturated carbocycles. The molecule has 0 bridgehead atoms. The molecule has 0 aliphatic carbocycles. The highest BCUT2D eigenvalue weighted by Gasteiger charge is 2.17. The molecule has 0 radical (unpaired) electrons. The van der Waals surface area contributed by atoms with Crippen LogP contribution < -0.4 is 4.74 Å². The van der Waals surface area contributed by atoms with Crippen LogP contribution in [0.25, 0.3) is 6.08 Å². The van der Waals surface area contributed by atoms with Crippen LogP contribution in [0.3, 0.4) is 0 Å². The summed E-state index contributed by atoms with van der Waals surface area (Å²) in [5.41, 5.74) is 0.693. The van der Waals surface area contributed by atoms with E-state index in [1.165, 1.54) is 30.5 Å². The summed E-state index contributed by atoms with van der Waals surface area (Å²) in [6.45, 7) is 0. The fourth-order valence-electron chi connectivity index (χ4n) is 2.29. The Morgan fingerprint density at radius 2 is 1.93 bits per heavy atom. The zero-order valence-electron chi connectivity index (χ0n) is 13.9. The van der Waals surface area contributed by atoms with E-state index in [-0.39, 0.29) is 17.2 Å². The van der Waals surface area contributed by atoms with E-state index in [4.69, 9.17) is 16.3 Å². The van der Waals surface area contributed by atoms with E-state index >= 15 is 0 Å². The first-order chi connectivity index (χ1) is 13.0. The molecule has 0 spiro atoms. The molecule has 3 aromatic rings. The minimum atomic E-state index is -0.549. The van der Waals surface area contributed by atoms with Gasteiger partial charge in [-0.05, 0) is 42.0 Å². The van der Waals surface area contributed by atoms with Crippen LogP contribution in [0.15, 0.2) is 73.1 Å². The summed E-state index contributed by atoms with van der Waals surface area (Å²) in [5.74, 6) is 0.128. The van der Waals surface area contributed by atoms with Crippen molar-refractivity contribution in [3.05, 3.63) is 99.3 Å². The first-order valence-corrected chi connectivity index (χ1v) is 8.25. The Morgan fingerprint density at radius 1 is 1.11 bits per heavy atom. The van der Waals surface area contributed by atoms with Crippen molar-refractivity contribution in [1.82, 2.24) is 4.98 Å². The van der Waals surface area contributed by atoms with E-state index in [2.05, 4.69) is 4.98 Å². The maximum atomic E-state index is 12.1. The van der Waals surface area contributed by atoms with Gasteiger partial charge in [0.15, 0.2) is 5.78 Å². The van der Waals surface area contributed by atoms with E-state index in [9.17, 15) is 14.9 Å². The fourth-order valence-corrected chi connectivity index (χ4v) is 2.46. The van der Waals surface area contributed by atoms with Crippen LogP contribution in [0.1, 0.15) is 15.9 Å². The Morgan fingerprint density at radius 3 is 2.63 bits per heavy atom. The lowest BCUT2D eigenvalue weighted by molar-refractivity contribution is -0.385. The number of hydrogen-bond donors (Lipinski definition) is 0. The molecule has 6 nitrogen and oxygen atoms in total. The lowest BCUT2D eigenvalue weighted by atomic mass is 10.1. The Balaban J connectivity index is 1.85. The van der Waals surface area contributed by atoms with Crippen LogP contribution in [-0.2, 0) is 0 Å². The highest BCUT2D eigenvalue weighted by Crippen LogP contribution is 2.35. The Kier molecular flexibility index (Phi) is 5.58. The molecular weight excluding hydrogens is 368 g/mol. The molecule has 1 aromatic heterocycles. The largest absolute Gasteiger partial charge is 0.449 e. The van der Waals surface area contributed by atoms with Gasteiger partial charge in [0, 0.05) is 24.0 Å². The number of pyridine rings is 1. The smallest absolute Gasteiger partial charge is 0.312 e. The van der Waals surface area contributed by atoms with Crippen molar-refractivity contribution in [3.63, 3.8) is 0 Å². The number of nitrogens with zero attached hydrogens (tertiary/aromatic N) is 2. The number of carbonyl (C=O) groups excluding carboxylic acids is 1. The molecule has 0 aliphatic heterocycles. The number of ether oxygens (including phenoxy) is 1. The first kappa shape index (κ1) is 18.3. The summed E-state index contributed by atoms with van der Waals surface area (Å²) >= 11 is 6.03. The minimum absolute atomic E-state index is 0.0591. The van der Waals surface area contributed by atoms with Gasteiger partial charge in [-0.15, -0.1) is 0 Å². The number of para-hydroxylation sites is 1. The van der Waals surface area contributed by atoms with Crippen molar-refractivity contribution in [2.75, 3.05) is 0 Å². The van der Waals surface area contributed by atoms with Crippen molar-refractivity contribution in [1.29, 1.82) is 0 Å². The summed E-state index contributed by atoms with van der Waals surface area (Å²) in [4.78, 5) is 26.8. The highest BCUT2D eigenvalue weighted by molar-refractivity contribution is 6.32. The van der Waals surface area contributed by atoms with Gasteiger partial charge in [-0.25, -0.2) is 0 Å². The van der Waals surface area contributed by atoms with Crippen molar-refractivity contribution in [2.24, 2.45) is 0 Å². The number of allylic oxidation sites excluding steroid dienone is 1. The van der Waals surface area contributed by atoms with Gasteiger partial charge < -0.3 is 4.74 Å². The minimum Gasteiger partial charge on any atom is -0.449 e. The average molecular weight is 381 g/mol. The van der Waals surface area contributed by atoms with Gasteiger partial charge in [-0.3, -0.25) is 19.9 Å². The van der Waals surface area contributed by atoms with Gasteiger partial charge in [0.1, 0.15) is 5.75 Å². The molecule has 0 unspecified atom stereocenters. The number of halogens is 1. The third kappa shape index (κ3) is 4.56. The second-order valence-electron chi connectivity index (χ2n) is 5.46. The Labute approximate surface area is 159 Å². The normalized spacial score (nSPS) is 10.7. The van der Waals surface area contributed by atoms with E-state index in [0.717, 1.165) is 0 Å². The molecule has 7 heteroatoms. The Hall–Kier alpha value is -3.51. The number of rotatable bonds is 6. The van der Waals surface area contributed by atoms with E-state index < -0.39 is 4.92 Å². The summed E-state index contributed by atoms with van der Waals surface area (Å²) in [6.07, 6.45) is 5.86. The lowest BCUT2D eigenvalue weighted by Gasteiger charge is -2.08. The monoisotopic (exact) mass is 380 g/mol. The molecule has 134 valence electrons. The van der Waals surface area contributed by atoms with Gasteiger partial charge in [0.25, 0.3) is 0 Å². The number of benzene rings is 2. The number of ketones is 1. The van der Waals surface area contributed by atoms with Crippen molar-refractivity contribution in [3.8, 4) is 11.5 Å². The Bertz CT molecular complexity index is 1020. The van der Waals surface area contributed by atoms with Gasteiger partial charge in [-0.1, -0.05) is 35.9 Å². The molecule has 0 atom stereocenters. The summed E-state index contributed by atoms with van der Waals surface area (Å²) in [7, 11) is 0. The second kappa shape index (κ2) is 8.25. The molecule has 0 amide bonds. The summed E-state index contributed by atoms with van der Waals surface area (Å²) in [6, 6.07) is 14.4. The zero-order valence-corrected chi connectivity index (χ0v) is 14.7. The van der Waals surface area contributed by atoms with Gasteiger partial charge in [-0.2, -0.15) is 0 Å². The fraction of sp³-hybridized carbons (Fsp3) is 0. The van der Waals surface area contributed by atoms with Crippen LogP contribution in [-0.4, -0.2) is 15.7 Å². The molecule has 0 N–H and O–H groups in total. The first-order valence-electron chi connectivity index (χ1n) is 7.88. The maximum Gasteiger partial charge on any atom is 0.312 e. The summed E-state index contributed by atoms with van der Waals surface area (Å²) in [5, 5.41) is 11.7. The van der Waals surface area contributed by atoms with Crippen LogP contribution in [0.4, 0.5) is 5.69 Å². The van der Waals surface area contributed by atoms with Crippen LogP contribution >= 0.6 is 11.6 Å². The standard InChI is InChI=1S/C20H13ClN2O4/c21-16-5-1-2-6-19(16)27-20-10-8-14(12-17(20)23(25)26)7-9-18(24)15-4-3-11-22-13-15/h1-13H/b9-7+. The summed E-state index contributed by atoms with van der Waals surface area (Å²) < 4.78 is 5.58. The van der Waals surface area contributed by atoms with Crippen molar-refractivity contribution < 1.29 is 14.5 Å². The predicted molar refractivity (Wildman–Crippen MR) is 102 cm³/mol. The molecule has 1 heterocycles. The molecule has 3 rings (SSSR count). The predicted octanol–water partition coefficient (Wildman–Crippen LogP) is 5.33. The van der Waals surface area contributed by atoms with Gasteiger partial charge in [0.05, 0.1) is 9.95 Å². The third-order valence-corrected chi connectivity index (χ3v) is 3.92. The number of nitro benzene ring substituents is 1. The molecule has 0 fully saturated rings. The maximum absolute atomic E-state index is 12.1. The van der Waals surface area contributed by atoms with E-state index in [1.54, 1.807) is 48.7 Å². The van der Waals surface area contributed by atoms with E-state index in [0.29, 0.717) is 21.9 Å². The molecule has 0 aliphatic rings. The van der Waals surface area contributed by atoms with Crippen LogP contribution in [0, 0.1) is 10.1 Å². The van der Waals surface area contributed by atoms with Crippen molar-refractivity contribution >= 4 is 29.1 Å². The number of hydrogen-bond acceptors (Lipinski definition) is 5. The SMILES string of the molecule is O=C(/C=C/c1ccc(Oc2ccccc2Cl)c([N+](=O)[O-])c1)c1cccnc1.